The first-order valence-corrected chi connectivity index (χ1v) is 5.73. The van der Waals surface area contributed by atoms with Crippen molar-refractivity contribution in [1.29, 1.82) is 0 Å². The number of aryl methyl sites for hydroxylation is 1. The summed E-state index contributed by atoms with van der Waals surface area (Å²) >= 11 is 0. The number of nitrogens with zero attached hydrogens (tertiary/aromatic N) is 2. The molecule has 92 valence electrons. The number of rotatable bonds is 4. The normalized spacial score (nSPS) is 18.9. The quantitative estimate of drug-likeness (QED) is 0.709. The molecular weight excluding hydrogens is 218 g/mol. The van der Waals surface area contributed by atoms with E-state index in [0.29, 0.717) is 18.9 Å². The number of carbonyl (C=O) groups excluding carboxylic acids is 1. The molecule has 2 heterocycles. The number of nitrogens with one attached hydrogen (secondary N) is 3. The summed E-state index contributed by atoms with van der Waals surface area (Å²) in [6.07, 6.45) is 3.28. The largest absolute Gasteiger partial charge is 0.368 e. The molecule has 0 bridgehead atoms. The Labute approximate surface area is 100 Å². The third-order valence-corrected chi connectivity index (χ3v) is 2.80. The number of amides is 1. The first-order chi connectivity index (χ1) is 8.19. The maximum atomic E-state index is 11.1. The zero-order chi connectivity index (χ0) is 12.3. The minimum Gasteiger partial charge on any atom is -0.368 e. The molecule has 0 aliphatic carbocycles. The molecule has 6 nitrogen and oxygen atoms in total. The molecule has 1 amide bonds. The summed E-state index contributed by atoms with van der Waals surface area (Å²) in [6, 6.07) is 0.204. The van der Waals surface area contributed by atoms with E-state index in [-0.39, 0.29) is 11.9 Å². The highest BCUT2D eigenvalue weighted by molar-refractivity contribution is 5.78. The van der Waals surface area contributed by atoms with E-state index in [4.69, 9.17) is 0 Å². The lowest BCUT2D eigenvalue weighted by atomic mass is 10.2. The Balaban J connectivity index is 1.96. The summed E-state index contributed by atoms with van der Waals surface area (Å²) in [4.78, 5) is 19.5. The molecule has 0 radical (unpaired) electrons. The van der Waals surface area contributed by atoms with Crippen LogP contribution in [0.3, 0.4) is 0 Å². The number of carbonyl (C=O) groups is 1. The van der Waals surface area contributed by atoms with Gasteiger partial charge in [0.25, 0.3) is 0 Å². The van der Waals surface area contributed by atoms with Crippen molar-refractivity contribution in [3.63, 3.8) is 0 Å². The molecule has 1 saturated heterocycles. The molecule has 0 saturated carbocycles. The average molecular weight is 235 g/mol. The van der Waals surface area contributed by atoms with Crippen LogP contribution in [0, 0.1) is 6.92 Å². The summed E-state index contributed by atoms with van der Waals surface area (Å²) in [5.41, 5.74) is 0.994. The van der Waals surface area contributed by atoms with Crippen LogP contribution < -0.4 is 16.0 Å². The Hall–Kier alpha value is -1.85. The lowest BCUT2D eigenvalue weighted by Gasteiger charge is -2.13. The van der Waals surface area contributed by atoms with Crippen LogP contribution in [-0.2, 0) is 4.79 Å². The van der Waals surface area contributed by atoms with Gasteiger partial charge in [0.1, 0.15) is 5.82 Å². The summed E-state index contributed by atoms with van der Waals surface area (Å²) in [6.45, 7) is 2.65. The fraction of sp³-hybridized carbons (Fsp3) is 0.545. The number of hydrogen-bond donors (Lipinski definition) is 3. The van der Waals surface area contributed by atoms with Gasteiger partial charge in [-0.15, -0.1) is 0 Å². The van der Waals surface area contributed by atoms with E-state index >= 15 is 0 Å². The van der Waals surface area contributed by atoms with Crippen LogP contribution in [0.15, 0.2) is 6.20 Å². The molecule has 1 unspecified atom stereocenters. The predicted molar refractivity (Wildman–Crippen MR) is 66.0 cm³/mol. The Bertz CT molecular complexity index is 420. The molecule has 1 aliphatic rings. The Morgan fingerprint density at radius 3 is 3.06 bits per heavy atom. The van der Waals surface area contributed by atoms with Crippen molar-refractivity contribution in [2.75, 3.05) is 24.2 Å². The van der Waals surface area contributed by atoms with Gasteiger partial charge in [-0.3, -0.25) is 4.79 Å². The second-order valence-corrected chi connectivity index (χ2v) is 4.16. The second-order valence-electron chi connectivity index (χ2n) is 4.16. The van der Waals surface area contributed by atoms with Crippen molar-refractivity contribution in [3.8, 4) is 0 Å². The van der Waals surface area contributed by atoms with Gasteiger partial charge >= 0.3 is 0 Å². The van der Waals surface area contributed by atoms with E-state index in [0.717, 1.165) is 17.8 Å². The van der Waals surface area contributed by atoms with E-state index in [1.807, 2.05) is 6.92 Å². The van der Waals surface area contributed by atoms with Gasteiger partial charge in [-0.2, -0.15) is 4.98 Å². The van der Waals surface area contributed by atoms with Crippen molar-refractivity contribution in [2.45, 2.75) is 25.8 Å². The van der Waals surface area contributed by atoms with Crippen LogP contribution >= 0.6 is 0 Å². The number of anilines is 2. The third-order valence-electron chi connectivity index (χ3n) is 2.80. The van der Waals surface area contributed by atoms with Crippen molar-refractivity contribution in [2.24, 2.45) is 0 Å². The topological polar surface area (TPSA) is 78.9 Å². The zero-order valence-corrected chi connectivity index (χ0v) is 10.1. The highest BCUT2D eigenvalue weighted by atomic mass is 16.1. The first-order valence-electron chi connectivity index (χ1n) is 5.73. The molecule has 6 heteroatoms. The van der Waals surface area contributed by atoms with Gasteiger partial charge in [0.2, 0.25) is 11.9 Å². The lowest BCUT2D eigenvalue weighted by Crippen LogP contribution is -2.32. The van der Waals surface area contributed by atoms with Crippen molar-refractivity contribution in [1.82, 2.24) is 15.3 Å². The van der Waals surface area contributed by atoms with E-state index in [9.17, 15) is 4.79 Å². The van der Waals surface area contributed by atoms with Crippen molar-refractivity contribution in [3.05, 3.63) is 11.8 Å². The Morgan fingerprint density at radius 1 is 1.59 bits per heavy atom. The molecule has 17 heavy (non-hydrogen) atoms. The standard InChI is InChI=1S/C11H17N5O/c1-7-5-14-11(12-2)16-10(7)13-6-8-3-4-9(17)15-8/h5,8H,3-4,6H2,1-2H3,(H,15,17)(H2,12,13,14,16). The highest BCUT2D eigenvalue weighted by Gasteiger charge is 2.20. The molecule has 1 aliphatic heterocycles. The third kappa shape index (κ3) is 2.83. The lowest BCUT2D eigenvalue weighted by molar-refractivity contribution is -0.119. The molecule has 1 aromatic heterocycles. The van der Waals surface area contributed by atoms with Gasteiger partial charge in [-0.05, 0) is 13.3 Å². The maximum Gasteiger partial charge on any atom is 0.224 e. The fourth-order valence-corrected chi connectivity index (χ4v) is 1.79. The summed E-state index contributed by atoms with van der Waals surface area (Å²) in [5.74, 6) is 1.53. The minimum absolute atomic E-state index is 0.132. The summed E-state index contributed by atoms with van der Waals surface area (Å²) in [5, 5.41) is 9.05. The molecule has 1 fully saturated rings. The van der Waals surface area contributed by atoms with E-state index in [1.165, 1.54) is 0 Å². The van der Waals surface area contributed by atoms with Crippen LogP contribution in [0.1, 0.15) is 18.4 Å². The molecule has 3 N–H and O–H groups in total. The van der Waals surface area contributed by atoms with Crippen LogP contribution in [0.5, 0.6) is 0 Å². The van der Waals surface area contributed by atoms with Crippen LogP contribution in [0.4, 0.5) is 11.8 Å². The van der Waals surface area contributed by atoms with E-state index in [1.54, 1.807) is 13.2 Å². The molecule has 0 spiro atoms. The van der Waals surface area contributed by atoms with E-state index < -0.39 is 0 Å². The highest BCUT2D eigenvalue weighted by Crippen LogP contribution is 2.13. The van der Waals surface area contributed by atoms with Gasteiger partial charge in [0.05, 0.1) is 0 Å². The Morgan fingerprint density at radius 2 is 2.41 bits per heavy atom. The van der Waals surface area contributed by atoms with Gasteiger partial charge in [0.15, 0.2) is 0 Å². The van der Waals surface area contributed by atoms with Gasteiger partial charge in [0, 0.05) is 37.8 Å². The average Bonchev–Trinajstić information content (AvgIpc) is 2.74. The summed E-state index contributed by atoms with van der Waals surface area (Å²) in [7, 11) is 1.78. The monoisotopic (exact) mass is 235 g/mol. The van der Waals surface area contributed by atoms with Gasteiger partial charge in [-0.25, -0.2) is 4.98 Å². The maximum absolute atomic E-state index is 11.1. The minimum atomic E-state index is 0.132. The van der Waals surface area contributed by atoms with E-state index in [2.05, 4.69) is 25.9 Å². The van der Waals surface area contributed by atoms with Crippen molar-refractivity contribution >= 4 is 17.7 Å². The first kappa shape index (κ1) is 11.6. The summed E-state index contributed by atoms with van der Waals surface area (Å²) < 4.78 is 0. The SMILES string of the molecule is CNc1ncc(C)c(NCC2CCC(=O)N2)n1. The van der Waals surface area contributed by atoms with Gasteiger partial charge in [-0.1, -0.05) is 0 Å². The Kier molecular flexibility index (Phi) is 3.41. The smallest absolute Gasteiger partial charge is 0.224 e. The van der Waals surface area contributed by atoms with Crippen LogP contribution in [0.2, 0.25) is 0 Å². The van der Waals surface area contributed by atoms with Crippen LogP contribution in [0.25, 0.3) is 0 Å². The number of aromatic nitrogens is 2. The fourth-order valence-electron chi connectivity index (χ4n) is 1.79. The molecule has 0 aromatic carbocycles. The number of hydrogen-bond acceptors (Lipinski definition) is 5. The molecule has 1 aromatic rings. The molecular formula is C11H17N5O. The predicted octanol–water partition coefficient (Wildman–Crippen LogP) is 0.517. The van der Waals surface area contributed by atoms with Crippen molar-refractivity contribution < 1.29 is 4.79 Å². The zero-order valence-electron chi connectivity index (χ0n) is 10.1. The van der Waals surface area contributed by atoms with Gasteiger partial charge < -0.3 is 16.0 Å². The molecule has 1 atom stereocenters. The second kappa shape index (κ2) is 4.99. The molecule has 2 rings (SSSR count). The van der Waals surface area contributed by atoms with Crippen LogP contribution in [-0.4, -0.2) is 35.5 Å².